The van der Waals surface area contributed by atoms with E-state index in [0.29, 0.717) is 45.3 Å². The number of rotatable bonds is 5. The van der Waals surface area contributed by atoms with Crippen LogP contribution in [0.4, 0.5) is 13.2 Å². The van der Waals surface area contributed by atoms with Gasteiger partial charge in [-0.25, -0.2) is 9.78 Å². The normalized spacial score (nSPS) is 18.1. The van der Waals surface area contributed by atoms with Gasteiger partial charge in [-0.2, -0.15) is 13.2 Å². The predicted octanol–water partition coefficient (Wildman–Crippen LogP) is 5.66. The van der Waals surface area contributed by atoms with E-state index in [1.54, 1.807) is 24.3 Å². The van der Waals surface area contributed by atoms with E-state index >= 15 is 0 Å². The molecule has 0 aliphatic carbocycles. The van der Waals surface area contributed by atoms with Gasteiger partial charge in [0.1, 0.15) is 0 Å². The largest absolute Gasteiger partial charge is 0.465 e. The molecule has 0 spiro atoms. The summed E-state index contributed by atoms with van der Waals surface area (Å²) in [6.07, 6.45) is -2.59. The summed E-state index contributed by atoms with van der Waals surface area (Å²) in [6, 6.07) is 10.5. The molecule has 1 aromatic heterocycles. The van der Waals surface area contributed by atoms with Gasteiger partial charge in [0.25, 0.3) is 0 Å². The number of fused-ring (bicyclic) bond motifs is 1. The van der Waals surface area contributed by atoms with Crippen LogP contribution in [-0.2, 0) is 22.2 Å². The molecule has 2 aliphatic rings. The first-order valence-electron chi connectivity index (χ1n) is 12.7. The Morgan fingerprint density at radius 1 is 1.11 bits per heavy atom. The fourth-order valence-electron chi connectivity index (χ4n) is 5.45. The lowest BCUT2D eigenvalue weighted by molar-refractivity contribution is -0.137. The van der Waals surface area contributed by atoms with Crippen LogP contribution >= 0.6 is 11.6 Å². The third-order valence-corrected chi connectivity index (χ3v) is 7.64. The number of carbonyl (C=O) groups is 1. The monoisotopic (exact) mass is 547 g/mol. The van der Waals surface area contributed by atoms with Gasteiger partial charge in [0.05, 0.1) is 42.7 Å². The molecule has 0 atom stereocenters. The molecule has 2 aromatic carbocycles. The Kier molecular flexibility index (Phi) is 7.90. The summed E-state index contributed by atoms with van der Waals surface area (Å²) in [4.78, 5) is 22.6. The number of aromatic nitrogens is 1. The Morgan fingerprint density at radius 3 is 2.53 bits per heavy atom. The number of hydrogen-bond donors (Lipinski definition) is 0. The molecule has 0 radical (unpaired) electrons. The van der Waals surface area contributed by atoms with Crippen molar-refractivity contribution < 1.29 is 27.4 Å². The topological polar surface area (TPSA) is 54.9 Å². The van der Waals surface area contributed by atoms with Gasteiger partial charge in [0.15, 0.2) is 0 Å². The third kappa shape index (κ3) is 5.66. The van der Waals surface area contributed by atoms with Crippen molar-refractivity contribution in [2.45, 2.75) is 31.6 Å². The van der Waals surface area contributed by atoms with Crippen molar-refractivity contribution in [2.75, 3.05) is 46.5 Å². The van der Waals surface area contributed by atoms with E-state index in [1.165, 1.54) is 13.2 Å². The highest BCUT2D eigenvalue weighted by Crippen LogP contribution is 2.37. The number of methoxy groups -OCH3 is 1. The van der Waals surface area contributed by atoms with Gasteiger partial charge < -0.3 is 9.47 Å². The van der Waals surface area contributed by atoms with Crippen molar-refractivity contribution in [3.05, 3.63) is 64.2 Å². The average molecular weight is 548 g/mol. The van der Waals surface area contributed by atoms with Gasteiger partial charge in [-0.1, -0.05) is 23.7 Å². The van der Waals surface area contributed by atoms with E-state index in [4.69, 9.17) is 26.1 Å². The summed E-state index contributed by atoms with van der Waals surface area (Å²) in [5.41, 5.74) is 1.13. The van der Waals surface area contributed by atoms with Crippen LogP contribution in [0.25, 0.3) is 22.2 Å². The number of likely N-dealkylation sites (tertiary alicyclic amines) is 1. The second-order valence-corrected chi connectivity index (χ2v) is 10.1. The molecule has 0 bridgehead atoms. The van der Waals surface area contributed by atoms with Crippen LogP contribution < -0.4 is 0 Å². The first kappa shape index (κ1) is 26.9. The third-order valence-electron chi connectivity index (χ3n) is 7.40. The Balaban J connectivity index is 1.56. The molecule has 202 valence electrons. The molecule has 38 heavy (non-hydrogen) atoms. The molecular formula is C28H29ClF3N3O3. The summed E-state index contributed by atoms with van der Waals surface area (Å²) in [5.74, 6) is -0.578. The molecule has 5 rings (SSSR count). The molecule has 0 N–H and O–H groups in total. The lowest BCUT2D eigenvalue weighted by Gasteiger charge is -2.40. The average Bonchev–Trinajstić information content (AvgIpc) is 2.93. The maximum atomic E-state index is 13.6. The zero-order valence-corrected chi connectivity index (χ0v) is 21.8. The van der Waals surface area contributed by atoms with Crippen molar-refractivity contribution in [1.82, 2.24) is 14.8 Å². The lowest BCUT2D eigenvalue weighted by atomic mass is 9.94. The van der Waals surface area contributed by atoms with Crippen molar-refractivity contribution in [3.8, 4) is 11.3 Å². The van der Waals surface area contributed by atoms with E-state index in [1.807, 2.05) is 0 Å². The number of hydrogen-bond acceptors (Lipinski definition) is 6. The van der Waals surface area contributed by atoms with E-state index in [-0.39, 0.29) is 5.56 Å². The number of morpholine rings is 1. The number of halogens is 4. The molecule has 3 heterocycles. The number of carbonyl (C=O) groups excluding carboxylic acids is 1. The zero-order chi connectivity index (χ0) is 26.9. The molecule has 10 heteroatoms. The highest BCUT2D eigenvalue weighted by molar-refractivity contribution is 6.31. The molecule has 0 unspecified atom stereocenters. The molecule has 2 saturated heterocycles. The van der Waals surface area contributed by atoms with Crippen LogP contribution in [-0.4, -0.2) is 73.3 Å². The summed E-state index contributed by atoms with van der Waals surface area (Å²) < 4.78 is 51.4. The Morgan fingerprint density at radius 2 is 1.84 bits per heavy atom. The van der Waals surface area contributed by atoms with Crippen molar-refractivity contribution in [1.29, 1.82) is 0 Å². The van der Waals surface area contributed by atoms with Gasteiger partial charge in [-0.05, 0) is 56.3 Å². The second-order valence-electron chi connectivity index (χ2n) is 9.70. The summed E-state index contributed by atoms with van der Waals surface area (Å²) in [5, 5.41) is 0.937. The zero-order valence-electron chi connectivity index (χ0n) is 21.1. The Labute approximate surface area is 224 Å². The van der Waals surface area contributed by atoms with E-state index in [2.05, 4.69) is 9.80 Å². The predicted molar refractivity (Wildman–Crippen MR) is 139 cm³/mol. The van der Waals surface area contributed by atoms with Gasteiger partial charge in [-0.3, -0.25) is 9.80 Å². The van der Waals surface area contributed by atoms with Crippen LogP contribution in [0.5, 0.6) is 0 Å². The van der Waals surface area contributed by atoms with Gasteiger partial charge in [0, 0.05) is 47.2 Å². The van der Waals surface area contributed by atoms with Crippen molar-refractivity contribution >= 4 is 28.5 Å². The molecule has 0 amide bonds. The smallest absolute Gasteiger partial charge is 0.416 e. The van der Waals surface area contributed by atoms with Crippen LogP contribution in [0.15, 0.2) is 42.5 Å². The molecule has 0 saturated carbocycles. The highest BCUT2D eigenvalue weighted by Gasteiger charge is 2.32. The van der Waals surface area contributed by atoms with E-state index in [9.17, 15) is 18.0 Å². The number of nitrogens with zero attached hydrogens (tertiary/aromatic N) is 3. The van der Waals surface area contributed by atoms with Gasteiger partial charge >= 0.3 is 12.1 Å². The molecule has 2 fully saturated rings. The van der Waals surface area contributed by atoms with Crippen LogP contribution in [0.1, 0.15) is 34.3 Å². The first-order valence-corrected chi connectivity index (χ1v) is 13.0. The number of benzene rings is 2. The molecule has 2 aliphatic heterocycles. The number of piperidine rings is 1. The Hall–Kier alpha value is -2.72. The van der Waals surface area contributed by atoms with Crippen LogP contribution in [0.2, 0.25) is 5.02 Å². The minimum atomic E-state index is -4.51. The maximum absolute atomic E-state index is 13.6. The van der Waals surface area contributed by atoms with Crippen LogP contribution in [0.3, 0.4) is 0 Å². The highest BCUT2D eigenvalue weighted by atomic mass is 35.5. The van der Waals surface area contributed by atoms with Crippen molar-refractivity contribution in [3.63, 3.8) is 0 Å². The SMILES string of the molecule is COC(=O)c1c(CN2CCC(N3CCOCC3)CC2)c(-c2cccc(C(F)(F)F)c2)nc2ccc(Cl)cc12. The summed E-state index contributed by atoms with van der Waals surface area (Å²) in [6.45, 7) is 5.26. The number of esters is 1. The second kappa shape index (κ2) is 11.2. The fraction of sp³-hybridized carbons (Fsp3) is 0.429. The molecule has 6 nitrogen and oxygen atoms in total. The maximum Gasteiger partial charge on any atom is 0.416 e. The Bertz CT molecular complexity index is 1320. The first-order chi connectivity index (χ1) is 18.2. The van der Waals surface area contributed by atoms with Crippen molar-refractivity contribution in [2.24, 2.45) is 0 Å². The van der Waals surface area contributed by atoms with Gasteiger partial charge in [0.2, 0.25) is 0 Å². The minimum Gasteiger partial charge on any atom is -0.465 e. The van der Waals surface area contributed by atoms with Gasteiger partial charge in [-0.15, -0.1) is 0 Å². The molecule has 3 aromatic rings. The van der Waals surface area contributed by atoms with Crippen LogP contribution in [0, 0.1) is 0 Å². The quantitative estimate of drug-likeness (QED) is 0.384. The minimum absolute atomic E-state index is 0.280. The standard InChI is InChI=1S/C28H29ClF3N3O3/c1-37-27(36)25-22-16-20(29)5-6-24(22)33-26(18-3-2-4-19(15-18)28(30,31)32)23(25)17-34-9-7-21(8-10-34)35-11-13-38-14-12-35/h2-6,15-16,21H,7-14,17H2,1H3. The summed E-state index contributed by atoms with van der Waals surface area (Å²) in [7, 11) is 1.29. The number of pyridine rings is 1. The summed E-state index contributed by atoms with van der Waals surface area (Å²) >= 11 is 6.27. The molecular weight excluding hydrogens is 519 g/mol. The number of alkyl halides is 3. The van der Waals surface area contributed by atoms with E-state index in [0.717, 1.165) is 64.4 Å². The lowest BCUT2D eigenvalue weighted by Crippen LogP contribution is -2.48. The number of ether oxygens (including phenoxy) is 2. The fourth-order valence-corrected chi connectivity index (χ4v) is 5.63. The van der Waals surface area contributed by atoms with E-state index < -0.39 is 17.7 Å².